The molecule has 86 valence electrons. The molecule has 0 heterocycles. The molecule has 0 aromatic rings. The molecule has 1 N–H and O–H groups in total. The quantitative estimate of drug-likeness (QED) is 0.721. The monoisotopic (exact) mass is 210 g/mol. The highest BCUT2D eigenvalue weighted by molar-refractivity contribution is 5.74. The Labute approximate surface area is 92.1 Å². The second-order valence-electron chi connectivity index (χ2n) is 6.60. The molecule has 0 unspecified atom stereocenters. The highest BCUT2D eigenvalue weighted by Gasteiger charge is 2.59. The van der Waals surface area contributed by atoms with E-state index in [1.807, 2.05) is 0 Å². The smallest absolute Gasteiger partial charge is 0.307 e. The molecule has 2 aliphatic rings. The number of aliphatic carboxylic acids is 1. The minimum absolute atomic E-state index is 0.0154. The van der Waals surface area contributed by atoms with Crippen molar-refractivity contribution in [2.75, 3.05) is 0 Å². The molecule has 0 aliphatic heterocycles. The van der Waals surface area contributed by atoms with Crippen molar-refractivity contribution in [3.05, 3.63) is 0 Å². The lowest BCUT2D eigenvalue weighted by Crippen LogP contribution is -2.27. The molecule has 1 spiro atoms. The maximum Gasteiger partial charge on any atom is 0.307 e. The summed E-state index contributed by atoms with van der Waals surface area (Å²) in [4.78, 5) is 10.9. The number of hydrogen-bond donors (Lipinski definition) is 1. The Morgan fingerprint density at radius 2 is 1.80 bits per heavy atom. The van der Waals surface area contributed by atoms with Crippen LogP contribution in [0, 0.1) is 22.7 Å². The molecule has 2 nitrogen and oxygen atoms in total. The third-order valence-corrected chi connectivity index (χ3v) is 4.69. The lowest BCUT2D eigenvalue weighted by atomic mass is 9.68. The summed E-state index contributed by atoms with van der Waals surface area (Å²) in [6, 6.07) is 0. The Hall–Kier alpha value is -0.530. The first-order valence-corrected chi connectivity index (χ1v) is 6.08. The summed E-state index contributed by atoms with van der Waals surface area (Å²) >= 11 is 0. The van der Waals surface area contributed by atoms with Crippen LogP contribution in [0.3, 0.4) is 0 Å². The topological polar surface area (TPSA) is 37.3 Å². The fraction of sp³-hybridized carbons (Fsp3) is 0.923. The number of carboxylic acids is 1. The van der Waals surface area contributed by atoms with Gasteiger partial charge >= 0.3 is 5.97 Å². The van der Waals surface area contributed by atoms with Crippen molar-refractivity contribution in [3.63, 3.8) is 0 Å². The first-order valence-electron chi connectivity index (χ1n) is 6.08. The first-order chi connectivity index (χ1) is 6.85. The first kappa shape index (κ1) is 11.0. The lowest BCUT2D eigenvalue weighted by Gasteiger charge is -2.37. The van der Waals surface area contributed by atoms with Crippen molar-refractivity contribution in [1.29, 1.82) is 0 Å². The van der Waals surface area contributed by atoms with Crippen molar-refractivity contribution in [2.45, 2.75) is 52.9 Å². The Kier molecular flexibility index (Phi) is 2.36. The van der Waals surface area contributed by atoms with Gasteiger partial charge in [0.15, 0.2) is 0 Å². The fourth-order valence-corrected chi connectivity index (χ4v) is 3.31. The largest absolute Gasteiger partial charge is 0.481 e. The van der Waals surface area contributed by atoms with Crippen LogP contribution in [0.25, 0.3) is 0 Å². The van der Waals surface area contributed by atoms with E-state index in [0.29, 0.717) is 5.41 Å². The summed E-state index contributed by atoms with van der Waals surface area (Å²) < 4.78 is 0. The van der Waals surface area contributed by atoms with Crippen LogP contribution in [0.4, 0.5) is 0 Å². The third kappa shape index (κ3) is 1.91. The van der Waals surface area contributed by atoms with E-state index in [0.717, 1.165) is 25.2 Å². The molecule has 0 aromatic heterocycles. The number of rotatable bonds is 1. The summed E-state index contributed by atoms with van der Waals surface area (Å²) in [6.45, 7) is 6.91. The maximum atomic E-state index is 10.9. The van der Waals surface area contributed by atoms with Crippen LogP contribution in [-0.4, -0.2) is 11.1 Å². The van der Waals surface area contributed by atoms with Gasteiger partial charge in [0.2, 0.25) is 0 Å². The van der Waals surface area contributed by atoms with Crippen LogP contribution in [0.15, 0.2) is 0 Å². The molecule has 0 bridgehead atoms. The predicted molar refractivity (Wildman–Crippen MR) is 59.6 cm³/mol. The van der Waals surface area contributed by atoms with Gasteiger partial charge in [-0.2, -0.15) is 0 Å². The molecule has 15 heavy (non-hydrogen) atoms. The van der Waals surface area contributed by atoms with Gasteiger partial charge in [-0.1, -0.05) is 20.8 Å². The summed E-state index contributed by atoms with van der Waals surface area (Å²) in [5.74, 6) is 0.209. The van der Waals surface area contributed by atoms with E-state index < -0.39 is 5.97 Å². The average molecular weight is 210 g/mol. The van der Waals surface area contributed by atoms with Crippen molar-refractivity contribution in [3.8, 4) is 0 Å². The summed E-state index contributed by atoms with van der Waals surface area (Å²) in [5, 5.41) is 9.00. The van der Waals surface area contributed by atoms with E-state index >= 15 is 0 Å². The van der Waals surface area contributed by atoms with Gasteiger partial charge in [-0.05, 0) is 48.9 Å². The molecule has 2 fully saturated rings. The van der Waals surface area contributed by atoms with Crippen LogP contribution in [0.2, 0.25) is 0 Å². The zero-order valence-electron chi connectivity index (χ0n) is 10.0. The maximum absolute atomic E-state index is 10.9. The second kappa shape index (κ2) is 3.23. The Balaban J connectivity index is 1.92. The molecule has 0 amide bonds. The standard InChI is InChI=1S/C13H22O2/c1-12(2,3)9-4-6-13(7-5-9)8-10(13)11(14)15/h9-10H,4-8H2,1-3H3,(H,14,15)/t9?,10-,13?/m1/s1. The van der Waals surface area contributed by atoms with Crippen molar-refractivity contribution in [2.24, 2.45) is 22.7 Å². The minimum atomic E-state index is -0.566. The third-order valence-electron chi connectivity index (χ3n) is 4.69. The van der Waals surface area contributed by atoms with Gasteiger partial charge in [0, 0.05) is 0 Å². The summed E-state index contributed by atoms with van der Waals surface area (Å²) in [5.41, 5.74) is 0.614. The summed E-state index contributed by atoms with van der Waals surface area (Å²) in [6.07, 6.45) is 5.69. The van der Waals surface area contributed by atoms with Gasteiger partial charge in [0.05, 0.1) is 5.92 Å². The molecule has 2 rings (SSSR count). The van der Waals surface area contributed by atoms with E-state index in [2.05, 4.69) is 20.8 Å². The van der Waals surface area contributed by atoms with Gasteiger partial charge in [0.1, 0.15) is 0 Å². The fourth-order valence-electron chi connectivity index (χ4n) is 3.31. The van der Waals surface area contributed by atoms with Gasteiger partial charge in [0.25, 0.3) is 0 Å². The zero-order valence-corrected chi connectivity index (χ0v) is 10.0. The zero-order chi connectivity index (χ0) is 11.3. The Morgan fingerprint density at radius 3 is 2.13 bits per heavy atom. The molecule has 2 aliphatic carbocycles. The predicted octanol–water partition coefficient (Wildman–Crippen LogP) is 3.31. The Bertz CT molecular complexity index is 267. The molecule has 0 saturated heterocycles. The van der Waals surface area contributed by atoms with E-state index in [1.165, 1.54) is 12.8 Å². The molecule has 2 saturated carbocycles. The van der Waals surface area contributed by atoms with Crippen LogP contribution < -0.4 is 0 Å². The van der Waals surface area contributed by atoms with Gasteiger partial charge in [-0.3, -0.25) is 4.79 Å². The van der Waals surface area contributed by atoms with Crippen molar-refractivity contribution in [1.82, 2.24) is 0 Å². The van der Waals surface area contributed by atoms with Crippen LogP contribution >= 0.6 is 0 Å². The van der Waals surface area contributed by atoms with E-state index in [4.69, 9.17) is 5.11 Å². The van der Waals surface area contributed by atoms with E-state index in [9.17, 15) is 4.79 Å². The van der Waals surface area contributed by atoms with Crippen molar-refractivity contribution >= 4 is 5.97 Å². The molecule has 1 atom stereocenters. The van der Waals surface area contributed by atoms with Crippen LogP contribution in [0.1, 0.15) is 52.9 Å². The van der Waals surface area contributed by atoms with Crippen LogP contribution in [0.5, 0.6) is 0 Å². The van der Waals surface area contributed by atoms with Gasteiger partial charge < -0.3 is 5.11 Å². The number of carbonyl (C=O) groups is 1. The molecule has 0 radical (unpaired) electrons. The van der Waals surface area contributed by atoms with Crippen LogP contribution in [-0.2, 0) is 4.79 Å². The van der Waals surface area contributed by atoms with E-state index in [-0.39, 0.29) is 11.3 Å². The SMILES string of the molecule is CC(C)(C)C1CCC2(CC1)C[C@@H]2C(=O)O. The highest BCUT2D eigenvalue weighted by atomic mass is 16.4. The normalized spacial score (nSPS) is 40.5. The molecular weight excluding hydrogens is 188 g/mol. The summed E-state index contributed by atoms with van der Waals surface area (Å²) in [7, 11) is 0. The molecular formula is C13H22O2. The molecule has 0 aromatic carbocycles. The number of hydrogen-bond acceptors (Lipinski definition) is 1. The Morgan fingerprint density at radius 1 is 1.27 bits per heavy atom. The second-order valence-corrected chi connectivity index (χ2v) is 6.60. The number of carboxylic acid groups (broad SMARTS) is 1. The average Bonchev–Trinajstić information content (AvgIpc) is 2.79. The molecule has 2 heteroatoms. The van der Waals surface area contributed by atoms with E-state index in [1.54, 1.807) is 0 Å². The van der Waals surface area contributed by atoms with Gasteiger partial charge in [-0.15, -0.1) is 0 Å². The van der Waals surface area contributed by atoms with Crippen molar-refractivity contribution < 1.29 is 9.90 Å². The minimum Gasteiger partial charge on any atom is -0.481 e. The van der Waals surface area contributed by atoms with Gasteiger partial charge in [-0.25, -0.2) is 0 Å². The lowest BCUT2D eigenvalue weighted by molar-refractivity contribution is -0.139. The highest BCUT2D eigenvalue weighted by Crippen LogP contribution is 2.63.